The third kappa shape index (κ3) is 4.74. The highest BCUT2D eigenvalue weighted by molar-refractivity contribution is 7.90. The zero-order valence-electron chi connectivity index (χ0n) is 12.5. The molecule has 0 bridgehead atoms. The molecule has 2 aromatic carbocycles. The van der Waals surface area contributed by atoms with Gasteiger partial charge in [0.2, 0.25) is 5.91 Å². The Morgan fingerprint density at radius 2 is 1.67 bits per heavy atom. The monoisotopic (exact) mass is 367 g/mol. The Morgan fingerprint density at radius 3 is 2.25 bits per heavy atom. The van der Waals surface area contributed by atoms with Crippen LogP contribution in [0.4, 0.5) is 15.8 Å². The summed E-state index contributed by atoms with van der Waals surface area (Å²) in [5.41, 5.74) is 0.727. The molecule has 1 amide bonds. The second kappa shape index (κ2) is 7.37. The molecule has 0 aliphatic carbocycles. The molecule has 0 aliphatic heterocycles. The van der Waals surface area contributed by atoms with Crippen LogP contribution in [-0.2, 0) is 14.8 Å². The molecule has 0 atom stereocenters. The highest BCUT2D eigenvalue weighted by Gasteiger charge is 2.15. The summed E-state index contributed by atoms with van der Waals surface area (Å²) in [6.07, 6.45) is 0. The fourth-order valence-corrected chi connectivity index (χ4v) is 3.03. The topological polar surface area (TPSA) is 87.3 Å². The highest BCUT2D eigenvalue weighted by atomic mass is 32.2. The quantitative estimate of drug-likeness (QED) is 0.720. The van der Waals surface area contributed by atoms with Gasteiger partial charge in [-0.25, -0.2) is 17.5 Å². The maximum Gasteiger partial charge on any atom is 0.264 e. The van der Waals surface area contributed by atoms with E-state index in [1.807, 2.05) is 4.72 Å². The van der Waals surface area contributed by atoms with E-state index >= 15 is 0 Å². The van der Waals surface area contributed by atoms with E-state index in [1.165, 1.54) is 36.4 Å². The molecule has 126 valence electrons. The third-order valence-corrected chi connectivity index (χ3v) is 4.48. The lowest BCUT2D eigenvalue weighted by atomic mass is 10.3. The van der Waals surface area contributed by atoms with E-state index < -0.39 is 21.7 Å². The number of para-hydroxylation sites is 1. The van der Waals surface area contributed by atoms with E-state index in [1.54, 1.807) is 12.1 Å². The van der Waals surface area contributed by atoms with Crippen molar-refractivity contribution in [2.45, 2.75) is 11.8 Å². The fourth-order valence-electron chi connectivity index (χ4n) is 1.81. The Morgan fingerprint density at radius 1 is 1.04 bits per heavy atom. The second-order valence-electron chi connectivity index (χ2n) is 4.75. The van der Waals surface area contributed by atoms with E-state index in [-0.39, 0.29) is 15.7 Å². The summed E-state index contributed by atoms with van der Waals surface area (Å²) >= 11 is 5.08. The van der Waals surface area contributed by atoms with Gasteiger partial charge in [-0.2, -0.15) is 0 Å². The molecule has 9 heteroatoms. The first-order valence-corrected chi connectivity index (χ1v) is 8.63. The van der Waals surface area contributed by atoms with Crippen LogP contribution in [0.3, 0.4) is 0 Å². The zero-order chi connectivity index (χ0) is 17.7. The summed E-state index contributed by atoms with van der Waals surface area (Å²) in [7, 11) is -3.88. The number of anilines is 2. The van der Waals surface area contributed by atoms with Gasteiger partial charge in [-0.1, -0.05) is 12.1 Å². The first-order valence-electron chi connectivity index (χ1n) is 6.74. The van der Waals surface area contributed by atoms with Crippen LogP contribution in [0.15, 0.2) is 53.4 Å². The maximum atomic E-state index is 13.5. The van der Waals surface area contributed by atoms with Crippen molar-refractivity contribution >= 4 is 44.6 Å². The number of hydrogen-bond donors (Lipinski definition) is 3. The van der Waals surface area contributed by atoms with Gasteiger partial charge < -0.3 is 10.6 Å². The number of carbonyl (C=O) groups excluding carboxylic acids is 1. The molecule has 0 saturated heterocycles. The van der Waals surface area contributed by atoms with Crippen LogP contribution in [-0.4, -0.2) is 19.4 Å². The number of amides is 1. The van der Waals surface area contributed by atoms with E-state index in [4.69, 9.17) is 12.2 Å². The average Bonchev–Trinajstić information content (AvgIpc) is 2.49. The van der Waals surface area contributed by atoms with Crippen LogP contribution >= 0.6 is 12.2 Å². The molecule has 24 heavy (non-hydrogen) atoms. The number of halogens is 1. The second-order valence-corrected chi connectivity index (χ2v) is 6.84. The molecule has 0 unspecified atom stereocenters. The molecule has 0 saturated carbocycles. The predicted molar refractivity (Wildman–Crippen MR) is 93.7 cm³/mol. The molecular formula is C15H14FN3O3S2. The van der Waals surface area contributed by atoms with Crippen LogP contribution in [0, 0.1) is 5.82 Å². The maximum absolute atomic E-state index is 13.5. The third-order valence-electron chi connectivity index (χ3n) is 2.82. The van der Waals surface area contributed by atoms with Crippen molar-refractivity contribution in [1.82, 2.24) is 4.72 Å². The summed E-state index contributed by atoms with van der Waals surface area (Å²) in [6.45, 7) is 1.11. The molecule has 0 heterocycles. The van der Waals surface area contributed by atoms with Gasteiger partial charge in [0, 0.05) is 12.6 Å². The predicted octanol–water partition coefficient (Wildman–Crippen LogP) is 2.46. The number of nitrogens with one attached hydrogen (secondary N) is 3. The summed E-state index contributed by atoms with van der Waals surface area (Å²) in [5.74, 6) is -1.12. The van der Waals surface area contributed by atoms with Crippen molar-refractivity contribution in [3.8, 4) is 0 Å². The van der Waals surface area contributed by atoms with Crippen molar-refractivity contribution < 1.29 is 17.6 Å². The van der Waals surface area contributed by atoms with E-state index in [2.05, 4.69) is 10.6 Å². The van der Waals surface area contributed by atoms with Crippen LogP contribution in [0.25, 0.3) is 0 Å². The standard InChI is InChI=1S/C15H14FN3O3S2/c1-10(20)19-24(21,22)12-8-6-11(7-9-12)17-15(23)18-14-5-3-2-4-13(14)16/h2-9H,1H3,(H,19,20)(H2,17,18,23). The molecule has 2 rings (SSSR count). The largest absolute Gasteiger partial charge is 0.332 e. The summed E-state index contributed by atoms with van der Waals surface area (Å²) in [6, 6.07) is 11.6. The summed E-state index contributed by atoms with van der Waals surface area (Å²) in [5, 5.41) is 5.66. The minimum Gasteiger partial charge on any atom is -0.332 e. The molecule has 6 nitrogen and oxygen atoms in total. The Balaban J connectivity index is 2.05. The molecule has 0 radical (unpaired) electrons. The minimum atomic E-state index is -3.88. The first-order chi connectivity index (χ1) is 11.3. The van der Waals surface area contributed by atoms with Gasteiger partial charge >= 0.3 is 0 Å². The van der Waals surface area contributed by atoms with Crippen molar-refractivity contribution in [3.05, 3.63) is 54.3 Å². The zero-order valence-corrected chi connectivity index (χ0v) is 14.2. The number of hydrogen-bond acceptors (Lipinski definition) is 4. The van der Waals surface area contributed by atoms with E-state index in [0.29, 0.717) is 5.69 Å². The van der Waals surface area contributed by atoms with Gasteiger partial charge in [0.25, 0.3) is 10.0 Å². The highest BCUT2D eigenvalue weighted by Crippen LogP contribution is 2.16. The molecule has 0 spiro atoms. The lowest BCUT2D eigenvalue weighted by Crippen LogP contribution is -2.28. The normalized spacial score (nSPS) is 10.8. The SMILES string of the molecule is CC(=O)NS(=O)(=O)c1ccc(NC(=S)Nc2ccccc2F)cc1. The first kappa shape index (κ1) is 17.8. The van der Waals surface area contributed by atoms with Gasteiger partial charge in [0.05, 0.1) is 10.6 Å². The fraction of sp³-hybridized carbons (Fsp3) is 0.0667. The Hall–Kier alpha value is -2.52. The number of thiocarbonyl (C=S) groups is 1. The van der Waals surface area contributed by atoms with Crippen LogP contribution < -0.4 is 15.4 Å². The van der Waals surface area contributed by atoms with Crippen LogP contribution in [0.1, 0.15) is 6.92 Å². The molecular weight excluding hydrogens is 353 g/mol. The van der Waals surface area contributed by atoms with Gasteiger partial charge in [-0.3, -0.25) is 4.79 Å². The molecule has 0 fully saturated rings. The number of rotatable bonds is 4. The average molecular weight is 367 g/mol. The molecule has 3 N–H and O–H groups in total. The molecule has 0 aliphatic rings. The van der Waals surface area contributed by atoms with Crippen molar-refractivity contribution in [3.63, 3.8) is 0 Å². The van der Waals surface area contributed by atoms with Crippen molar-refractivity contribution in [1.29, 1.82) is 0 Å². The van der Waals surface area contributed by atoms with Gasteiger partial charge in [-0.15, -0.1) is 0 Å². The lowest BCUT2D eigenvalue weighted by molar-refractivity contribution is -0.117. The Labute approximate surface area is 144 Å². The Bertz CT molecular complexity index is 868. The lowest BCUT2D eigenvalue weighted by Gasteiger charge is -2.11. The number of benzene rings is 2. The van der Waals surface area contributed by atoms with E-state index in [9.17, 15) is 17.6 Å². The van der Waals surface area contributed by atoms with E-state index in [0.717, 1.165) is 6.92 Å². The number of carbonyl (C=O) groups is 1. The molecule has 2 aromatic rings. The summed E-state index contributed by atoms with van der Waals surface area (Å²) < 4.78 is 39.0. The molecule has 0 aromatic heterocycles. The van der Waals surface area contributed by atoms with Gasteiger partial charge in [-0.05, 0) is 48.6 Å². The van der Waals surface area contributed by atoms with Gasteiger partial charge in [0.15, 0.2) is 5.11 Å². The van der Waals surface area contributed by atoms with Crippen molar-refractivity contribution in [2.24, 2.45) is 0 Å². The summed E-state index contributed by atoms with van der Waals surface area (Å²) in [4.78, 5) is 10.8. The van der Waals surface area contributed by atoms with Crippen LogP contribution in [0.2, 0.25) is 0 Å². The van der Waals surface area contributed by atoms with Gasteiger partial charge in [0.1, 0.15) is 5.82 Å². The van der Waals surface area contributed by atoms with Crippen molar-refractivity contribution in [2.75, 3.05) is 10.6 Å². The smallest absolute Gasteiger partial charge is 0.264 e. The Kier molecular flexibility index (Phi) is 5.47. The number of sulfonamides is 1. The van der Waals surface area contributed by atoms with Crippen LogP contribution in [0.5, 0.6) is 0 Å². The minimum absolute atomic E-state index is 0.0590.